The molecule has 118 valence electrons. The number of benzene rings is 3. The lowest BCUT2D eigenvalue weighted by Crippen LogP contribution is -2.03. The summed E-state index contributed by atoms with van der Waals surface area (Å²) >= 11 is 0. The van der Waals surface area contributed by atoms with Crippen LogP contribution in [0.1, 0.15) is 28.4 Å². The van der Waals surface area contributed by atoms with E-state index in [4.69, 9.17) is 0 Å². The van der Waals surface area contributed by atoms with Crippen LogP contribution in [-0.4, -0.2) is 10.4 Å². The monoisotopic (exact) mass is 313 g/mol. The highest BCUT2D eigenvalue weighted by Gasteiger charge is 2.15. The molecule has 0 fully saturated rings. The van der Waals surface area contributed by atoms with Gasteiger partial charge in [0.2, 0.25) is 0 Å². The fourth-order valence-corrected chi connectivity index (χ4v) is 3.60. The molecule has 2 heteroatoms. The van der Waals surface area contributed by atoms with Gasteiger partial charge in [-0.3, -0.25) is 4.79 Å². The predicted octanol–water partition coefficient (Wildman–Crippen LogP) is 5.60. The molecule has 0 radical (unpaired) electrons. The highest BCUT2D eigenvalue weighted by molar-refractivity contribution is 6.09. The molecule has 0 aliphatic carbocycles. The number of carbonyl (C=O) groups excluding carboxylic acids is 1. The van der Waals surface area contributed by atoms with E-state index in [1.807, 2.05) is 13.0 Å². The first-order chi connectivity index (χ1) is 11.6. The zero-order valence-electron chi connectivity index (χ0n) is 14.1. The lowest BCUT2D eigenvalue weighted by Gasteiger charge is -2.14. The Morgan fingerprint density at radius 2 is 1.33 bits per heavy atom. The number of para-hydroxylation sites is 2. The summed E-state index contributed by atoms with van der Waals surface area (Å²) in [6.45, 7) is 5.71. The van der Waals surface area contributed by atoms with Crippen LogP contribution in [0.2, 0.25) is 0 Å². The van der Waals surface area contributed by atoms with Gasteiger partial charge in [0.15, 0.2) is 5.78 Å². The van der Waals surface area contributed by atoms with Crippen molar-refractivity contribution in [1.82, 2.24) is 4.57 Å². The number of hydrogen-bond acceptors (Lipinski definition) is 1. The van der Waals surface area contributed by atoms with Crippen molar-refractivity contribution in [3.63, 3.8) is 0 Å². The number of Topliss-reactive ketones (excluding diaryl/α,β-unsaturated/α-hetero) is 1. The Morgan fingerprint density at radius 1 is 0.792 bits per heavy atom. The van der Waals surface area contributed by atoms with E-state index in [0.717, 1.165) is 22.4 Å². The van der Waals surface area contributed by atoms with E-state index in [1.54, 1.807) is 6.92 Å². The van der Waals surface area contributed by atoms with E-state index in [2.05, 4.69) is 66.1 Å². The van der Waals surface area contributed by atoms with Crippen molar-refractivity contribution in [2.45, 2.75) is 20.8 Å². The third-order valence-corrected chi connectivity index (χ3v) is 4.74. The molecule has 0 atom stereocenters. The first kappa shape index (κ1) is 14.7. The zero-order chi connectivity index (χ0) is 16.8. The van der Waals surface area contributed by atoms with E-state index < -0.39 is 0 Å². The molecule has 3 aromatic carbocycles. The highest BCUT2D eigenvalue weighted by atomic mass is 16.1. The molecule has 0 bridgehead atoms. The average Bonchev–Trinajstić information content (AvgIpc) is 2.91. The fourth-order valence-electron chi connectivity index (χ4n) is 3.60. The maximum Gasteiger partial charge on any atom is 0.160 e. The quantitative estimate of drug-likeness (QED) is 0.441. The number of hydrogen-bond donors (Lipinski definition) is 0. The fraction of sp³-hybridized carbons (Fsp3) is 0.136. The molecule has 0 unspecified atom stereocenters. The Balaban J connectivity index is 2.13. The highest BCUT2D eigenvalue weighted by Crippen LogP contribution is 2.33. The summed E-state index contributed by atoms with van der Waals surface area (Å²) in [5.41, 5.74) is 6.45. The van der Waals surface area contributed by atoms with Crippen LogP contribution in [0, 0.1) is 13.8 Å². The van der Waals surface area contributed by atoms with Crippen molar-refractivity contribution in [1.29, 1.82) is 0 Å². The molecule has 0 N–H and O–H groups in total. The van der Waals surface area contributed by atoms with Gasteiger partial charge in [-0.15, -0.1) is 0 Å². The summed E-state index contributed by atoms with van der Waals surface area (Å²) in [5.74, 6) is 0.115. The van der Waals surface area contributed by atoms with Crippen molar-refractivity contribution in [3.05, 3.63) is 77.4 Å². The largest absolute Gasteiger partial charge is 0.309 e. The summed E-state index contributed by atoms with van der Waals surface area (Å²) in [7, 11) is 0. The Bertz CT molecular complexity index is 1050. The van der Waals surface area contributed by atoms with Gasteiger partial charge in [-0.05, 0) is 56.2 Å². The van der Waals surface area contributed by atoms with Crippen molar-refractivity contribution in [2.24, 2.45) is 0 Å². The molecular formula is C22H19NO. The van der Waals surface area contributed by atoms with E-state index in [1.165, 1.54) is 21.8 Å². The minimum absolute atomic E-state index is 0.115. The van der Waals surface area contributed by atoms with Gasteiger partial charge in [0.05, 0.1) is 11.0 Å². The topological polar surface area (TPSA) is 22.0 Å². The van der Waals surface area contributed by atoms with Gasteiger partial charge in [-0.2, -0.15) is 0 Å². The normalized spacial score (nSPS) is 11.3. The van der Waals surface area contributed by atoms with Crippen molar-refractivity contribution in [2.75, 3.05) is 0 Å². The summed E-state index contributed by atoms with van der Waals surface area (Å²) < 4.78 is 2.30. The van der Waals surface area contributed by atoms with Crippen molar-refractivity contribution in [3.8, 4) is 5.69 Å². The average molecular weight is 313 g/mol. The number of rotatable bonds is 2. The Morgan fingerprint density at radius 3 is 1.88 bits per heavy atom. The van der Waals surface area contributed by atoms with Gasteiger partial charge in [0.25, 0.3) is 0 Å². The number of aryl methyl sites for hydroxylation is 2. The van der Waals surface area contributed by atoms with Crippen LogP contribution in [0.25, 0.3) is 27.5 Å². The van der Waals surface area contributed by atoms with Gasteiger partial charge < -0.3 is 4.57 Å². The molecule has 4 rings (SSSR count). The standard InChI is InChI=1S/C22H19NO/c1-14-13-22(15(2)12-19(14)16(3)24)23-20-10-6-4-8-17(20)18-9-5-7-11-21(18)23/h4-13H,1-3H3. The van der Waals surface area contributed by atoms with E-state index >= 15 is 0 Å². The lowest BCUT2D eigenvalue weighted by atomic mass is 10.0. The first-order valence-electron chi connectivity index (χ1n) is 8.18. The van der Waals surface area contributed by atoms with Gasteiger partial charge in [-0.25, -0.2) is 0 Å². The number of carbonyl (C=O) groups is 1. The van der Waals surface area contributed by atoms with Crippen molar-refractivity contribution < 1.29 is 4.79 Å². The number of aromatic nitrogens is 1. The van der Waals surface area contributed by atoms with Crippen LogP contribution in [0.4, 0.5) is 0 Å². The minimum atomic E-state index is 0.115. The van der Waals surface area contributed by atoms with Gasteiger partial charge in [-0.1, -0.05) is 36.4 Å². The molecule has 1 aromatic heterocycles. The zero-order valence-corrected chi connectivity index (χ0v) is 14.1. The molecule has 0 aliphatic rings. The van der Waals surface area contributed by atoms with Crippen molar-refractivity contribution >= 4 is 27.6 Å². The summed E-state index contributed by atoms with van der Waals surface area (Å²) in [4.78, 5) is 11.8. The summed E-state index contributed by atoms with van der Waals surface area (Å²) in [6, 6.07) is 21.1. The molecule has 24 heavy (non-hydrogen) atoms. The van der Waals surface area contributed by atoms with Crippen LogP contribution in [0.3, 0.4) is 0 Å². The molecule has 1 heterocycles. The molecular weight excluding hydrogens is 294 g/mol. The van der Waals surface area contributed by atoms with Crippen LogP contribution < -0.4 is 0 Å². The maximum atomic E-state index is 11.8. The van der Waals surface area contributed by atoms with Crippen LogP contribution in [-0.2, 0) is 0 Å². The minimum Gasteiger partial charge on any atom is -0.309 e. The Hall–Kier alpha value is -2.87. The summed E-state index contributed by atoms with van der Waals surface area (Å²) in [6.07, 6.45) is 0. The molecule has 0 amide bonds. The number of nitrogens with zero attached hydrogens (tertiary/aromatic N) is 1. The number of fused-ring (bicyclic) bond motifs is 3. The molecule has 0 aliphatic heterocycles. The lowest BCUT2D eigenvalue weighted by molar-refractivity contribution is 0.101. The van der Waals surface area contributed by atoms with Crippen LogP contribution in [0.5, 0.6) is 0 Å². The van der Waals surface area contributed by atoms with Gasteiger partial charge >= 0.3 is 0 Å². The van der Waals surface area contributed by atoms with Gasteiger partial charge in [0, 0.05) is 22.0 Å². The molecule has 0 saturated carbocycles. The molecule has 0 spiro atoms. The second-order valence-electron chi connectivity index (χ2n) is 6.38. The summed E-state index contributed by atoms with van der Waals surface area (Å²) in [5, 5.41) is 2.50. The SMILES string of the molecule is CC(=O)c1cc(C)c(-n2c3ccccc3c3ccccc32)cc1C. The van der Waals surface area contributed by atoms with E-state index in [0.29, 0.717) is 0 Å². The molecule has 2 nitrogen and oxygen atoms in total. The third-order valence-electron chi connectivity index (χ3n) is 4.74. The Labute approximate surface area is 141 Å². The van der Waals surface area contributed by atoms with E-state index in [-0.39, 0.29) is 5.78 Å². The molecule has 0 saturated heterocycles. The molecule has 4 aromatic rings. The van der Waals surface area contributed by atoms with Crippen LogP contribution in [0.15, 0.2) is 60.7 Å². The Kier molecular flexibility index (Phi) is 3.27. The van der Waals surface area contributed by atoms with Gasteiger partial charge in [0.1, 0.15) is 0 Å². The number of ketones is 1. The van der Waals surface area contributed by atoms with E-state index in [9.17, 15) is 4.79 Å². The second kappa shape index (κ2) is 5.34. The maximum absolute atomic E-state index is 11.8. The smallest absolute Gasteiger partial charge is 0.160 e. The second-order valence-corrected chi connectivity index (χ2v) is 6.38. The predicted molar refractivity (Wildman–Crippen MR) is 100 cm³/mol. The first-order valence-corrected chi connectivity index (χ1v) is 8.18. The third kappa shape index (κ3) is 2.07. The van der Waals surface area contributed by atoms with Crippen LogP contribution >= 0.6 is 0 Å².